The predicted octanol–water partition coefficient (Wildman–Crippen LogP) is 2.94. The standard InChI is InChI=1S/C14H19Cl2NO4/c1-4-9(15)10(16)5-8-11(13(18)19)6(2)17-7(3)12(8)14(20)21/h8-10,17H,4-5H2,1-3H3,(H,18,19)(H,20,21). The Kier molecular flexibility index (Phi) is 6.10. The van der Waals surface area contributed by atoms with Crippen LogP contribution < -0.4 is 5.32 Å². The number of hydrogen-bond donors (Lipinski definition) is 3. The zero-order chi connectivity index (χ0) is 16.3. The molecule has 1 heterocycles. The maximum atomic E-state index is 11.5. The number of hydrogen-bond acceptors (Lipinski definition) is 3. The highest BCUT2D eigenvalue weighted by molar-refractivity contribution is 6.30. The lowest BCUT2D eigenvalue weighted by atomic mass is 9.81. The first kappa shape index (κ1) is 17.9. The molecular formula is C14H19Cl2NO4. The van der Waals surface area contributed by atoms with Crippen molar-refractivity contribution in [2.75, 3.05) is 0 Å². The number of rotatable bonds is 6. The Labute approximate surface area is 133 Å². The van der Waals surface area contributed by atoms with Gasteiger partial charge in [-0.05, 0) is 26.7 Å². The van der Waals surface area contributed by atoms with Crippen molar-refractivity contribution in [3.05, 3.63) is 22.5 Å². The number of dihydropyridines is 1. The van der Waals surface area contributed by atoms with E-state index in [1.165, 1.54) is 0 Å². The van der Waals surface area contributed by atoms with Crippen LogP contribution in [0.1, 0.15) is 33.6 Å². The zero-order valence-electron chi connectivity index (χ0n) is 12.1. The highest BCUT2D eigenvalue weighted by Crippen LogP contribution is 2.36. The molecule has 7 heteroatoms. The second kappa shape index (κ2) is 7.18. The normalized spacial score (nSPS) is 19.3. The summed E-state index contributed by atoms with van der Waals surface area (Å²) in [6.45, 7) is 5.09. The summed E-state index contributed by atoms with van der Waals surface area (Å²) in [6.07, 6.45) is 0.792. The molecule has 0 aliphatic carbocycles. The van der Waals surface area contributed by atoms with Gasteiger partial charge in [-0.2, -0.15) is 0 Å². The molecule has 0 fully saturated rings. The summed E-state index contributed by atoms with van der Waals surface area (Å²) in [7, 11) is 0. The molecule has 0 aromatic rings. The van der Waals surface area contributed by atoms with Gasteiger partial charge in [0.25, 0.3) is 0 Å². The van der Waals surface area contributed by atoms with E-state index >= 15 is 0 Å². The van der Waals surface area contributed by atoms with Crippen LogP contribution in [0.5, 0.6) is 0 Å². The van der Waals surface area contributed by atoms with Crippen molar-refractivity contribution >= 4 is 35.1 Å². The van der Waals surface area contributed by atoms with E-state index in [4.69, 9.17) is 23.2 Å². The van der Waals surface area contributed by atoms with Crippen molar-refractivity contribution in [2.24, 2.45) is 5.92 Å². The summed E-state index contributed by atoms with van der Waals surface area (Å²) in [5.74, 6) is -3.08. The van der Waals surface area contributed by atoms with Crippen LogP contribution in [0, 0.1) is 5.92 Å². The van der Waals surface area contributed by atoms with Crippen molar-refractivity contribution in [1.82, 2.24) is 5.32 Å². The van der Waals surface area contributed by atoms with E-state index < -0.39 is 23.2 Å². The minimum Gasteiger partial charge on any atom is -0.478 e. The number of carboxylic acids is 2. The van der Waals surface area contributed by atoms with Gasteiger partial charge < -0.3 is 15.5 Å². The van der Waals surface area contributed by atoms with E-state index in [1.807, 2.05) is 6.92 Å². The summed E-state index contributed by atoms with van der Waals surface area (Å²) in [4.78, 5) is 23.0. The number of carbonyl (C=O) groups is 2. The van der Waals surface area contributed by atoms with Crippen LogP contribution in [0.4, 0.5) is 0 Å². The Balaban J connectivity index is 3.24. The SMILES string of the molecule is CCC(Cl)C(Cl)CC1C(C(=O)O)=C(C)NC(C)=C1C(=O)O. The topological polar surface area (TPSA) is 86.6 Å². The Hall–Kier alpha value is -1.20. The molecule has 0 amide bonds. The zero-order valence-corrected chi connectivity index (χ0v) is 13.6. The summed E-state index contributed by atoms with van der Waals surface area (Å²) < 4.78 is 0. The molecule has 3 N–H and O–H groups in total. The molecule has 1 aliphatic rings. The van der Waals surface area contributed by atoms with Crippen LogP contribution >= 0.6 is 23.2 Å². The predicted molar refractivity (Wildman–Crippen MR) is 81.5 cm³/mol. The molecule has 0 saturated carbocycles. The first-order chi connectivity index (χ1) is 9.70. The van der Waals surface area contributed by atoms with Gasteiger partial charge in [-0.15, -0.1) is 23.2 Å². The molecule has 0 aromatic carbocycles. The molecule has 2 unspecified atom stereocenters. The Morgan fingerprint density at radius 3 is 1.86 bits per heavy atom. The highest BCUT2D eigenvalue weighted by Gasteiger charge is 2.37. The number of allylic oxidation sites excluding steroid dienone is 2. The molecule has 1 aliphatic heterocycles. The number of carboxylic acid groups (broad SMARTS) is 2. The average Bonchev–Trinajstić information content (AvgIpc) is 2.35. The molecule has 118 valence electrons. The summed E-state index contributed by atoms with van der Waals surface area (Å²) >= 11 is 12.3. The number of halogens is 2. The third-order valence-corrected chi connectivity index (χ3v) is 4.81. The van der Waals surface area contributed by atoms with Crippen molar-refractivity contribution in [3.63, 3.8) is 0 Å². The molecule has 5 nitrogen and oxygen atoms in total. The lowest BCUT2D eigenvalue weighted by Crippen LogP contribution is -2.34. The fraction of sp³-hybridized carbons (Fsp3) is 0.571. The van der Waals surface area contributed by atoms with Crippen LogP contribution in [-0.4, -0.2) is 32.9 Å². The number of alkyl halides is 2. The average molecular weight is 336 g/mol. The minimum atomic E-state index is -1.15. The molecule has 0 saturated heterocycles. The van der Waals surface area contributed by atoms with Crippen LogP contribution in [0.3, 0.4) is 0 Å². The molecule has 2 atom stereocenters. The molecule has 21 heavy (non-hydrogen) atoms. The van der Waals surface area contributed by atoms with Gasteiger partial charge in [-0.25, -0.2) is 9.59 Å². The van der Waals surface area contributed by atoms with E-state index in [-0.39, 0.29) is 22.9 Å². The van der Waals surface area contributed by atoms with E-state index in [9.17, 15) is 19.8 Å². The molecule has 0 spiro atoms. The molecule has 0 bridgehead atoms. The van der Waals surface area contributed by atoms with Gasteiger partial charge in [0.05, 0.1) is 16.5 Å². The first-order valence-corrected chi connectivity index (χ1v) is 7.51. The van der Waals surface area contributed by atoms with Crippen LogP contribution in [0.15, 0.2) is 22.5 Å². The van der Waals surface area contributed by atoms with Crippen LogP contribution in [-0.2, 0) is 9.59 Å². The number of nitrogens with one attached hydrogen (secondary N) is 1. The van der Waals surface area contributed by atoms with E-state index in [0.717, 1.165) is 0 Å². The van der Waals surface area contributed by atoms with E-state index in [0.29, 0.717) is 17.8 Å². The van der Waals surface area contributed by atoms with Gasteiger partial charge in [0.1, 0.15) is 0 Å². The van der Waals surface area contributed by atoms with Gasteiger partial charge >= 0.3 is 11.9 Å². The Bertz CT molecular complexity index is 477. The Morgan fingerprint density at radius 2 is 1.52 bits per heavy atom. The monoisotopic (exact) mass is 335 g/mol. The van der Waals surface area contributed by atoms with Crippen molar-refractivity contribution in [1.29, 1.82) is 0 Å². The maximum absolute atomic E-state index is 11.5. The lowest BCUT2D eigenvalue weighted by Gasteiger charge is -2.30. The maximum Gasteiger partial charge on any atom is 0.333 e. The van der Waals surface area contributed by atoms with Crippen LogP contribution in [0.2, 0.25) is 0 Å². The lowest BCUT2D eigenvalue weighted by molar-refractivity contribution is -0.134. The third kappa shape index (κ3) is 3.92. The second-order valence-electron chi connectivity index (χ2n) is 5.04. The number of aliphatic carboxylic acids is 2. The molecular weight excluding hydrogens is 317 g/mol. The third-order valence-electron chi connectivity index (χ3n) is 3.58. The first-order valence-electron chi connectivity index (χ1n) is 6.63. The quantitative estimate of drug-likeness (QED) is 0.649. The molecule has 0 aromatic heterocycles. The van der Waals surface area contributed by atoms with Crippen molar-refractivity contribution in [2.45, 2.75) is 44.4 Å². The van der Waals surface area contributed by atoms with Gasteiger partial charge in [-0.3, -0.25) is 0 Å². The smallest absolute Gasteiger partial charge is 0.333 e. The summed E-state index contributed by atoms with van der Waals surface area (Å²) in [5, 5.41) is 20.7. The largest absolute Gasteiger partial charge is 0.478 e. The van der Waals surface area contributed by atoms with Gasteiger partial charge in [0.15, 0.2) is 0 Å². The second-order valence-corrected chi connectivity index (χ2v) is 6.16. The Morgan fingerprint density at radius 1 is 1.10 bits per heavy atom. The van der Waals surface area contributed by atoms with E-state index in [2.05, 4.69) is 5.32 Å². The van der Waals surface area contributed by atoms with E-state index in [1.54, 1.807) is 13.8 Å². The molecule has 0 radical (unpaired) electrons. The fourth-order valence-electron chi connectivity index (χ4n) is 2.57. The summed E-state index contributed by atoms with van der Waals surface area (Å²) in [5.41, 5.74) is 0.926. The minimum absolute atomic E-state index is 0.0311. The van der Waals surface area contributed by atoms with Gasteiger partial charge in [0.2, 0.25) is 0 Å². The van der Waals surface area contributed by atoms with Crippen molar-refractivity contribution in [3.8, 4) is 0 Å². The van der Waals surface area contributed by atoms with Gasteiger partial charge in [0, 0.05) is 22.7 Å². The fourth-order valence-corrected chi connectivity index (χ4v) is 3.03. The highest BCUT2D eigenvalue weighted by atomic mass is 35.5. The van der Waals surface area contributed by atoms with Gasteiger partial charge in [-0.1, -0.05) is 6.92 Å². The van der Waals surface area contributed by atoms with Crippen LogP contribution in [0.25, 0.3) is 0 Å². The van der Waals surface area contributed by atoms with Crippen molar-refractivity contribution < 1.29 is 19.8 Å². The summed E-state index contributed by atoms with van der Waals surface area (Å²) in [6, 6.07) is 0. The molecule has 1 rings (SSSR count).